The van der Waals surface area contributed by atoms with E-state index in [1.165, 1.54) is 16.9 Å². The molecule has 3 heterocycles. The third kappa shape index (κ3) is 2.61. The Bertz CT molecular complexity index is 906. The summed E-state index contributed by atoms with van der Waals surface area (Å²) in [6.45, 7) is 6.62. The van der Waals surface area contributed by atoms with Gasteiger partial charge >= 0.3 is 0 Å². The molecule has 1 saturated heterocycles. The molecular weight excluding hydrogens is 322 g/mol. The summed E-state index contributed by atoms with van der Waals surface area (Å²) in [6, 6.07) is 10.2. The number of hydrogen-bond acceptors (Lipinski definition) is 4. The lowest BCUT2D eigenvalue weighted by molar-refractivity contribution is 0.0306. The molecule has 0 saturated carbocycles. The van der Waals surface area contributed by atoms with Gasteiger partial charge < -0.3 is 9.64 Å². The molecule has 5 nitrogen and oxygen atoms in total. The Morgan fingerprint density at radius 2 is 2.00 bits per heavy atom. The van der Waals surface area contributed by atoms with Gasteiger partial charge in [-0.3, -0.25) is 4.79 Å². The van der Waals surface area contributed by atoms with Crippen molar-refractivity contribution >= 4 is 27.5 Å². The SMILES string of the molecule is Cc1cccc(-n2nc(C)c3cc(C(=O)N4CCOCC4)sc32)c1. The lowest BCUT2D eigenvalue weighted by atomic mass is 10.2. The van der Waals surface area contributed by atoms with Crippen LogP contribution in [0, 0.1) is 13.8 Å². The Morgan fingerprint density at radius 1 is 1.21 bits per heavy atom. The van der Waals surface area contributed by atoms with Gasteiger partial charge in [-0.1, -0.05) is 12.1 Å². The minimum absolute atomic E-state index is 0.0923. The number of amides is 1. The molecule has 0 radical (unpaired) electrons. The standard InChI is InChI=1S/C18H19N3O2S/c1-12-4-3-5-14(10-12)21-18-15(13(2)19-21)11-16(24-18)17(22)20-6-8-23-9-7-20/h3-5,10-11H,6-9H2,1-2H3. The molecule has 1 aliphatic heterocycles. The first-order valence-corrected chi connectivity index (χ1v) is 8.88. The summed E-state index contributed by atoms with van der Waals surface area (Å²) >= 11 is 1.52. The number of ether oxygens (including phenoxy) is 1. The molecule has 2 aromatic heterocycles. The summed E-state index contributed by atoms with van der Waals surface area (Å²) in [6.07, 6.45) is 0. The number of hydrogen-bond donors (Lipinski definition) is 0. The maximum absolute atomic E-state index is 12.7. The van der Waals surface area contributed by atoms with Crippen molar-refractivity contribution in [2.45, 2.75) is 13.8 Å². The maximum Gasteiger partial charge on any atom is 0.264 e. The molecule has 6 heteroatoms. The van der Waals surface area contributed by atoms with E-state index in [9.17, 15) is 4.79 Å². The van der Waals surface area contributed by atoms with Gasteiger partial charge in [0.1, 0.15) is 4.83 Å². The van der Waals surface area contributed by atoms with Gasteiger partial charge in [0.15, 0.2) is 0 Å². The van der Waals surface area contributed by atoms with E-state index in [1.54, 1.807) is 0 Å². The maximum atomic E-state index is 12.7. The van der Waals surface area contributed by atoms with Crippen molar-refractivity contribution in [3.05, 3.63) is 46.5 Å². The Balaban J connectivity index is 1.75. The van der Waals surface area contributed by atoms with Gasteiger partial charge in [-0.15, -0.1) is 11.3 Å². The van der Waals surface area contributed by atoms with Crippen LogP contribution in [0.2, 0.25) is 0 Å². The average Bonchev–Trinajstić information content (AvgIpc) is 3.16. The Kier molecular flexibility index (Phi) is 3.86. The van der Waals surface area contributed by atoms with Gasteiger partial charge in [-0.25, -0.2) is 4.68 Å². The predicted molar refractivity (Wildman–Crippen MR) is 95.1 cm³/mol. The van der Waals surface area contributed by atoms with Crippen LogP contribution in [0.5, 0.6) is 0 Å². The van der Waals surface area contributed by atoms with Gasteiger partial charge in [-0.2, -0.15) is 5.10 Å². The van der Waals surface area contributed by atoms with Gasteiger partial charge in [-0.05, 0) is 37.6 Å². The number of aryl methyl sites for hydroxylation is 2. The van der Waals surface area contributed by atoms with Crippen LogP contribution in [0.3, 0.4) is 0 Å². The Labute approximate surface area is 144 Å². The molecule has 0 spiro atoms. The number of nitrogens with zero attached hydrogens (tertiary/aromatic N) is 3. The zero-order valence-corrected chi connectivity index (χ0v) is 14.6. The first-order valence-electron chi connectivity index (χ1n) is 8.07. The topological polar surface area (TPSA) is 47.4 Å². The van der Waals surface area contributed by atoms with Crippen LogP contribution < -0.4 is 0 Å². The fourth-order valence-electron chi connectivity index (χ4n) is 3.01. The fourth-order valence-corrected chi connectivity index (χ4v) is 4.16. The van der Waals surface area contributed by atoms with Gasteiger partial charge in [0, 0.05) is 18.5 Å². The minimum atomic E-state index is 0.0923. The van der Waals surface area contributed by atoms with Gasteiger partial charge in [0.25, 0.3) is 5.91 Å². The highest BCUT2D eigenvalue weighted by Crippen LogP contribution is 2.31. The van der Waals surface area contributed by atoms with Crippen LogP contribution in [0.15, 0.2) is 30.3 Å². The molecule has 0 N–H and O–H groups in total. The van der Waals surface area contributed by atoms with E-state index in [0.717, 1.165) is 26.5 Å². The molecule has 0 atom stereocenters. The van der Waals surface area contributed by atoms with E-state index in [4.69, 9.17) is 4.74 Å². The molecule has 24 heavy (non-hydrogen) atoms. The zero-order chi connectivity index (χ0) is 16.7. The number of benzene rings is 1. The monoisotopic (exact) mass is 341 g/mol. The molecule has 124 valence electrons. The van der Waals surface area contributed by atoms with E-state index in [0.29, 0.717) is 26.3 Å². The molecule has 0 bridgehead atoms. The van der Waals surface area contributed by atoms with E-state index in [2.05, 4.69) is 24.2 Å². The Morgan fingerprint density at radius 3 is 2.75 bits per heavy atom. The van der Waals surface area contributed by atoms with Crippen molar-refractivity contribution in [3.63, 3.8) is 0 Å². The normalized spacial score (nSPS) is 15.2. The lowest BCUT2D eigenvalue weighted by Crippen LogP contribution is -2.40. The molecule has 1 fully saturated rings. The summed E-state index contributed by atoms with van der Waals surface area (Å²) in [5.41, 5.74) is 3.17. The second kappa shape index (κ2) is 6.03. The highest BCUT2D eigenvalue weighted by molar-refractivity contribution is 7.20. The first kappa shape index (κ1) is 15.4. The number of aromatic nitrogens is 2. The Hall–Kier alpha value is -2.18. The largest absolute Gasteiger partial charge is 0.378 e. The number of rotatable bonds is 2. The van der Waals surface area contributed by atoms with E-state index in [-0.39, 0.29) is 5.91 Å². The van der Waals surface area contributed by atoms with Crippen molar-refractivity contribution in [2.75, 3.05) is 26.3 Å². The summed E-state index contributed by atoms with van der Waals surface area (Å²) < 4.78 is 7.28. The fraction of sp³-hybridized carbons (Fsp3) is 0.333. The third-order valence-electron chi connectivity index (χ3n) is 4.30. The molecule has 1 aromatic carbocycles. The number of fused-ring (bicyclic) bond motifs is 1. The molecule has 4 rings (SSSR count). The smallest absolute Gasteiger partial charge is 0.264 e. The lowest BCUT2D eigenvalue weighted by Gasteiger charge is -2.26. The molecule has 0 aliphatic carbocycles. The van der Waals surface area contributed by atoms with Crippen molar-refractivity contribution in [1.82, 2.24) is 14.7 Å². The van der Waals surface area contributed by atoms with Crippen molar-refractivity contribution < 1.29 is 9.53 Å². The quantitative estimate of drug-likeness (QED) is 0.719. The molecule has 0 unspecified atom stereocenters. The minimum Gasteiger partial charge on any atom is -0.378 e. The number of carbonyl (C=O) groups excluding carboxylic acids is 1. The number of morpholine rings is 1. The third-order valence-corrected chi connectivity index (χ3v) is 5.40. The van der Waals surface area contributed by atoms with Gasteiger partial charge in [0.05, 0.1) is 29.5 Å². The van der Waals surface area contributed by atoms with E-state index < -0.39 is 0 Å². The van der Waals surface area contributed by atoms with Crippen LogP contribution in [0.25, 0.3) is 15.9 Å². The first-order chi connectivity index (χ1) is 11.6. The summed E-state index contributed by atoms with van der Waals surface area (Å²) in [5.74, 6) is 0.0923. The van der Waals surface area contributed by atoms with Crippen LogP contribution >= 0.6 is 11.3 Å². The molecule has 3 aromatic rings. The summed E-state index contributed by atoms with van der Waals surface area (Å²) in [5, 5.41) is 5.71. The highest BCUT2D eigenvalue weighted by Gasteiger charge is 2.22. The predicted octanol–water partition coefficient (Wildman–Crippen LogP) is 3.18. The highest BCUT2D eigenvalue weighted by atomic mass is 32.1. The number of thiophene rings is 1. The second-order valence-corrected chi connectivity index (χ2v) is 7.10. The van der Waals surface area contributed by atoms with Crippen molar-refractivity contribution in [3.8, 4) is 5.69 Å². The van der Waals surface area contributed by atoms with E-state index >= 15 is 0 Å². The summed E-state index contributed by atoms with van der Waals surface area (Å²) in [4.78, 5) is 16.4. The molecule has 1 aliphatic rings. The number of carbonyl (C=O) groups is 1. The van der Waals surface area contributed by atoms with Gasteiger partial charge in [0.2, 0.25) is 0 Å². The molecular formula is C18H19N3O2S. The van der Waals surface area contributed by atoms with Crippen molar-refractivity contribution in [1.29, 1.82) is 0 Å². The van der Waals surface area contributed by atoms with Crippen LogP contribution in [-0.4, -0.2) is 46.9 Å². The summed E-state index contributed by atoms with van der Waals surface area (Å²) in [7, 11) is 0. The molecule has 1 amide bonds. The van der Waals surface area contributed by atoms with Crippen LogP contribution in [0.1, 0.15) is 20.9 Å². The van der Waals surface area contributed by atoms with Crippen LogP contribution in [-0.2, 0) is 4.74 Å². The van der Waals surface area contributed by atoms with Crippen LogP contribution in [0.4, 0.5) is 0 Å². The zero-order valence-electron chi connectivity index (χ0n) is 13.8. The average molecular weight is 341 g/mol. The second-order valence-electron chi connectivity index (χ2n) is 6.07. The van der Waals surface area contributed by atoms with E-state index in [1.807, 2.05) is 34.7 Å². The van der Waals surface area contributed by atoms with Crippen molar-refractivity contribution in [2.24, 2.45) is 0 Å².